The van der Waals surface area contributed by atoms with Crippen molar-refractivity contribution < 1.29 is 4.79 Å². The molecule has 1 spiro atoms. The number of amides is 1. The minimum absolute atomic E-state index is 0.0409. The van der Waals surface area contributed by atoms with Crippen LogP contribution in [0, 0.1) is 5.92 Å². The molecule has 0 radical (unpaired) electrons. The number of nitrogens with zero attached hydrogens (tertiary/aromatic N) is 3. The molecule has 1 saturated carbocycles. The zero-order valence-electron chi connectivity index (χ0n) is 15.2. The topological polar surface area (TPSA) is 46.1 Å². The lowest BCUT2D eigenvalue weighted by Gasteiger charge is -2.40. The maximum atomic E-state index is 12.7. The predicted octanol–water partition coefficient (Wildman–Crippen LogP) is 3.75. The van der Waals surface area contributed by atoms with Gasteiger partial charge in [-0.05, 0) is 50.0 Å². The van der Waals surface area contributed by atoms with Crippen molar-refractivity contribution in [1.29, 1.82) is 0 Å². The second-order valence-electron chi connectivity index (χ2n) is 8.28. The zero-order chi connectivity index (χ0) is 17.6. The summed E-state index contributed by atoms with van der Waals surface area (Å²) in [7, 11) is 0. The SMILES string of the molecule is O=C(CC1CC1)N1CCCC2(CCc3cnc(-c4ccccc4)nc32)C1. The van der Waals surface area contributed by atoms with Crippen LogP contribution in [0.15, 0.2) is 36.5 Å². The van der Waals surface area contributed by atoms with Gasteiger partial charge in [-0.3, -0.25) is 4.79 Å². The van der Waals surface area contributed by atoms with Crippen molar-refractivity contribution in [2.45, 2.75) is 50.4 Å². The van der Waals surface area contributed by atoms with Crippen molar-refractivity contribution in [2.75, 3.05) is 13.1 Å². The minimum atomic E-state index is 0.0409. The van der Waals surface area contributed by atoms with E-state index in [0.717, 1.165) is 56.6 Å². The van der Waals surface area contributed by atoms with Crippen LogP contribution in [0.2, 0.25) is 0 Å². The quantitative estimate of drug-likeness (QED) is 0.849. The van der Waals surface area contributed by atoms with Crippen molar-refractivity contribution in [3.05, 3.63) is 47.8 Å². The second-order valence-corrected chi connectivity index (χ2v) is 8.28. The molecule has 1 saturated heterocycles. The molecule has 2 heterocycles. The predicted molar refractivity (Wildman–Crippen MR) is 101 cm³/mol. The molecule has 134 valence electrons. The summed E-state index contributed by atoms with van der Waals surface area (Å²) in [4.78, 5) is 24.4. The highest BCUT2D eigenvalue weighted by molar-refractivity contribution is 5.77. The normalized spacial score (nSPS) is 24.7. The summed E-state index contributed by atoms with van der Waals surface area (Å²) in [5.74, 6) is 1.83. The number of hydrogen-bond donors (Lipinski definition) is 0. The van der Waals surface area contributed by atoms with E-state index < -0.39 is 0 Å². The van der Waals surface area contributed by atoms with Crippen LogP contribution < -0.4 is 0 Å². The van der Waals surface area contributed by atoms with Crippen LogP contribution in [0.5, 0.6) is 0 Å². The number of rotatable bonds is 3. The number of aryl methyl sites for hydroxylation is 1. The van der Waals surface area contributed by atoms with Gasteiger partial charge in [-0.1, -0.05) is 30.3 Å². The lowest BCUT2D eigenvalue weighted by atomic mass is 9.77. The molecule has 5 rings (SSSR count). The first-order valence-corrected chi connectivity index (χ1v) is 9.93. The van der Waals surface area contributed by atoms with Gasteiger partial charge in [0, 0.05) is 36.7 Å². The molecule has 1 aromatic heterocycles. The monoisotopic (exact) mass is 347 g/mol. The third-order valence-electron chi connectivity index (χ3n) is 6.36. The van der Waals surface area contributed by atoms with Gasteiger partial charge in [0.15, 0.2) is 5.82 Å². The van der Waals surface area contributed by atoms with Gasteiger partial charge in [-0.2, -0.15) is 0 Å². The Kier molecular flexibility index (Phi) is 3.80. The van der Waals surface area contributed by atoms with Gasteiger partial charge in [-0.15, -0.1) is 0 Å². The number of carbonyl (C=O) groups is 1. The fourth-order valence-corrected chi connectivity index (χ4v) is 4.71. The van der Waals surface area contributed by atoms with E-state index in [1.807, 2.05) is 24.4 Å². The molecule has 1 aromatic carbocycles. The Balaban J connectivity index is 1.45. The molecule has 0 bridgehead atoms. The molecule has 1 unspecified atom stereocenters. The molecular formula is C22H25N3O. The third kappa shape index (κ3) is 2.81. The van der Waals surface area contributed by atoms with E-state index in [0.29, 0.717) is 11.8 Å². The molecule has 0 N–H and O–H groups in total. The number of piperidine rings is 1. The third-order valence-corrected chi connectivity index (χ3v) is 6.36. The highest BCUT2D eigenvalue weighted by atomic mass is 16.2. The Labute approximate surface area is 154 Å². The molecular weight excluding hydrogens is 322 g/mol. The summed E-state index contributed by atoms with van der Waals surface area (Å²) in [5.41, 5.74) is 3.59. The first-order valence-electron chi connectivity index (χ1n) is 9.93. The molecule has 2 aliphatic carbocycles. The van der Waals surface area contributed by atoms with Gasteiger partial charge >= 0.3 is 0 Å². The first-order chi connectivity index (χ1) is 12.7. The van der Waals surface area contributed by atoms with Gasteiger partial charge in [0.05, 0.1) is 5.69 Å². The van der Waals surface area contributed by atoms with Crippen LogP contribution >= 0.6 is 0 Å². The molecule has 2 aromatic rings. The van der Waals surface area contributed by atoms with Crippen molar-refractivity contribution in [3.63, 3.8) is 0 Å². The van der Waals surface area contributed by atoms with Gasteiger partial charge in [0.1, 0.15) is 0 Å². The Morgan fingerprint density at radius 1 is 1.19 bits per heavy atom. The van der Waals surface area contributed by atoms with E-state index in [2.05, 4.69) is 22.0 Å². The zero-order valence-corrected chi connectivity index (χ0v) is 15.2. The van der Waals surface area contributed by atoms with Gasteiger partial charge in [0.2, 0.25) is 5.91 Å². The highest BCUT2D eigenvalue weighted by Gasteiger charge is 2.45. The number of carbonyl (C=O) groups excluding carboxylic acids is 1. The van der Waals surface area contributed by atoms with Crippen LogP contribution in [0.25, 0.3) is 11.4 Å². The Morgan fingerprint density at radius 2 is 2.04 bits per heavy atom. The lowest BCUT2D eigenvalue weighted by Crippen LogP contribution is -2.48. The average Bonchev–Trinajstić information content (AvgIpc) is 3.45. The molecule has 4 nitrogen and oxygen atoms in total. The van der Waals surface area contributed by atoms with Crippen molar-refractivity contribution in [1.82, 2.24) is 14.9 Å². The number of benzene rings is 1. The smallest absolute Gasteiger partial charge is 0.222 e. The molecule has 2 fully saturated rings. The molecule has 1 atom stereocenters. The Morgan fingerprint density at radius 3 is 2.85 bits per heavy atom. The van der Waals surface area contributed by atoms with Crippen molar-refractivity contribution in [3.8, 4) is 11.4 Å². The molecule has 1 aliphatic heterocycles. The molecule has 4 heteroatoms. The van der Waals surface area contributed by atoms with E-state index in [1.165, 1.54) is 24.1 Å². The van der Waals surface area contributed by atoms with E-state index in [4.69, 9.17) is 4.98 Å². The van der Waals surface area contributed by atoms with E-state index in [-0.39, 0.29) is 5.41 Å². The van der Waals surface area contributed by atoms with Crippen LogP contribution in [-0.4, -0.2) is 33.9 Å². The molecule has 3 aliphatic rings. The summed E-state index contributed by atoms with van der Waals surface area (Å²) in [5, 5.41) is 0. The Hall–Kier alpha value is -2.23. The van der Waals surface area contributed by atoms with Gasteiger partial charge in [-0.25, -0.2) is 9.97 Å². The summed E-state index contributed by atoms with van der Waals surface area (Å²) in [6, 6.07) is 10.2. The van der Waals surface area contributed by atoms with Gasteiger partial charge in [0.25, 0.3) is 0 Å². The van der Waals surface area contributed by atoms with E-state index >= 15 is 0 Å². The van der Waals surface area contributed by atoms with E-state index in [9.17, 15) is 4.79 Å². The fraction of sp³-hybridized carbons (Fsp3) is 0.500. The van der Waals surface area contributed by atoms with Crippen molar-refractivity contribution in [2.24, 2.45) is 5.92 Å². The highest BCUT2D eigenvalue weighted by Crippen LogP contribution is 2.45. The standard InChI is InChI=1S/C22H25N3O/c26-19(13-16-7-8-16)25-12-4-10-22(15-25)11-9-18-14-23-21(24-20(18)22)17-5-2-1-3-6-17/h1-3,5-6,14,16H,4,7-13,15H2. The summed E-state index contributed by atoms with van der Waals surface area (Å²) < 4.78 is 0. The number of likely N-dealkylation sites (tertiary alicyclic amines) is 1. The maximum absolute atomic E-state index is 12.7. The van der Waals surface area contributed by atoms with Crippen LogP contribution in [0.1, 0.15) is 49.8 Å². The number of hydrogen-bond acceptors (Lipinski definition) is 3. The van der Waals surface area contributed by atoms with Crippen molar-refractivity contribution >= 4 is 5.91 Å². The molecule has 1 amide bonds. The summed E-state index contributed by atoms with van der Waals surface area (Å²) in [6.07, 6.45) is 9.60. The average molecular weight is 347 g/mol. The summed E-state index contributed by atoms with van der Waals surface area (Å²) in [6.45, 7) is 1.76. The van der Waals surface area contributed by atoms with Gasteiger partial charge < -0.3 is 4.90 Å². The van der Waals surface area contributed by atoms with E-state index in [1.54, 1.807) is 0 Å². The Bertz CT molecular complexity index is 827. The number of fused-ring (bicyclic) bond motifs is 2. The summed E-state index contributed by atoms with van der Waals surface area (Å²) >= 11 is 0. The van der Waals surface area contributed by atoms with Crippen LogP contribution in [0.4, 0.5) is 0 Å². The fourth-order valence-electron chi connectivity index (χ4n) is 4.71. The first kappa shape index (κ1) is 16.0. The van der Waals surface area contributed by atoms with Crippen LogP contribution in [-0.2, 0) is 16.6 Å². The maximum Gasteiger partial charge on any atom is 0.222 e. The lowest BCUT2D eigenvalue weighted by molar-refractivity contribution is -0.133. The largest absolute Gasteiger partial charge is 0.342 e. The van der Waals surface area contributed by atoms with Crippen LogP contribution in [0.3, 0.4) is 0 Å². The number of aromatic nitrogens is 2. The second kappa shape index (κ2) is 6.19. The molecule has 26 heavy (non-hydrogen) atoms. The minimum Gasteiger partial charge on any atom is -0.342 e.